The minimum Gasteiger partial charge on any atom is -0.509 e. The first-order valence-electron chi connectivity index (χ1n) is 26.7. The molecular weight excluding hydrogens is 1100 g/mol. The van der Waals surface area contributed by atoms with E-state index in [2.05, 4.69) is 277 Å². The van der Waals surface area contributed by atoms with Gasteiger partial charge in [-0.25, -0.2) is 4.98 Å². The zero-order valence-corrected chi connectivity index (χ0v) is 49.0. The molecule has 0 spiro atoms. The molecule has 9 aromatic rings. The van der Waals surface area contributed by atoms with Crippen molar-refractivity contribution in [1.29, 1.82) is 0 Å². The summed E-state index contributed by atoms with van der Waals surface area (Å²) in [6, 6.07) is 58.7. The molecule has 0 saturated heterocycles. The van der Waals surface area contributed by atoms with Crippen LogP contribution in [0.4, 0.5) is 22.7 Å². The van der Waals surface area contributed by atoms with E-state index in [1.807, 2.05) is 6.20 Å². The van der Waals surface area contributed by atoms with Crippen molar-refractivity contribution < 1.29 is 25.8 Å². The molecule has 0 N–H and O–H groups in total. The Kier molecular flexibility index (Phi) is 14.4. The number of rotatable bonds is 10. The van der Waals surface area contributed by atoms with Crippen LogP contribution in [0.1, 0.15) is 155 Å². The molecule has 0 aliphatic carbocycles. The second kappa shape index (κ2) is 20.3. The second-order valence-electron chi connectivity index (χ2n) is 24.5. The van der Waals surface area contributed by atoms with Crippen molar-refractivity contribution in [3.8, 4) is 39.6 Å². The van der Waals surface area contributed by atoms with E-state index in [9.17, 15) is 0 Å². The molecule has 75 heavy (non-hydrogen) atoms. The Bertz CT molecular complexity index is 3530. The molecule has 0 amide bonds. The van der Waals surface area contributed by atoms with Gasteiger partial charge in [0.05, 0.1) is 0 Å². The number of hydrogen-bond acceptors (Lipinski definition) is 4. The van der Waals surface area contributed by atoms with Crippen LogP contribution in [0.2, 0.25) is 0 Å². The fourth-order valence-electron chi connectivity index (χ4n) is 10.4. The van der Waals surface area contributed by atoms with Crippen LogP contribution in [-0.4, -0.2) is 9.55 Å². The Morgan fingerprint density at radius 3 is 1.75 bits per heavy atom. The van der Waals surface area contributed by atoms with Crippen LogP contribution in [0.3, 0.4) is 0 Å². The predicted molar refractivity (Wildman–Crippen MR) is 313 cm³/mol. The molecule has 0 saturated carbocycles. The van der Waals surface area contributed by atoms with Gasteiger partial charge in [0.25, 0.3) is 0 Å². The van der Waals surface area contributed by atoms with E-state index in [0.717, 1.165) is 55.9 Å². The predicted octanol–water partition coefficient (Wildman–Crippen LogP) is 19.6. The van der Waals surface area contributed by atoms with Crippen LogP contribution >= 0.6 is 0 Å². The fraction of sp³-hybridized carbons (Fsp3) is 0.304. The SMILES string of the molecule is CC(C)c1cc(C(C)C)c(-c2ccnc(-n3c4[c-]c(Oc5[c-]c(N6[CH-]N(c7cc(-c8ccccc8)cc(C(C)(C)C)c7)c7ccccc76)cc(C(C)(C)C)c5)ccc4c4ccc(C(C)(C)C)cc43)c2)c(C(C)C)c1.[Pt]. The van der Waals surface area contributed by atoms with E-state index in [0.29, 0.717) is 29.3 Å². The minimum atomic E-state index is -0.186. The van der Waals surface area contributed by atoms with Gasteiger partial charge in [-0.15, -0.1) is 53.6 Å². The summed E-state index contributed by atoms with van der Waals surface area (Å²) in [4.78, 5) is 9.74. The van der Waals surface area contributed by atoms with Gasteiger partial charge in [-0.3, -0.25) is 0 Å². The first-order chi connectivity index (χ1) is 35.0. The first-order valence-corrected chi connectivity index (χ1v) is 26.7. The van der Waals surface area contributed by atoms with Crippen LogP contribution in [-0.2, 0) is 37.3 Å². The molecule has 0 unspecified atom stereocenters. The third-order valence-corrected chi connectivity index (χ3v) is 14.9. The zero-order chi connectivity index (χ0) is 52.6. The average molecular weight is 1170 g/mol. The Morgan fingerprint density at radius 1 is 0.507 bits per heavy atom. The molecule has 0 bridgehead atoms. The summed E-state index contributed by atoms with van der Waals surface area (Å²) in [5.74, 6) is 3.20. The largest absolute Gasteiger partial charge is 0.509 e. The summed E-state index contributed by atoms with van der Waals surface area (Å²) in [5.41, 5.74) is 18.5. The van der Waals surface area contributed by atoms with E-state index in [1.165, 1.54) is 50.1 Å². The van der Waals surface area contributed by atoms with E-state index in [1.54, 1.807) is 0 Å². The zero-order valence-electron chi connectivity index (χ0n) is 46.7. The molecule has 3 heterocycles. The van der Waals surface area contributed by atoms with Gasteiger partial charge < -0.3 is 19.1 Å². The molecule has 0 radical (unpaired) electrons. The van der Waals surface area contributed by atoms with Gasteiger partial charge in [0, 0.05) is 61.3 Å². The molecule has 388 valence electrons. The Balaban J connectivity index is 0.00000689. The van der Waals surface area contributed by atoms with E-state index in [4.69, 9.17) is 9.72 Å². The molecule has 10 rings (SSSR count). The van der Waals surface area contributed by atoms with Crippen molar-refractivity contribution in [2.75, 3.05) is 9.80 Å². The van der Waals surface area contributed by atoms with Gasteiger partial charge in [0.2, 0.25) is 0 Å². The summed E-state index contributed by atoms with van der Waals surface area (Å²) < 4.78 is 9.31. The van der Waals surface area contributed by atoms with Gasteiger partial charge in [0.1, 0.15) is 5.82 Å². The van der Waals surface area contributed by atoms with Crippen molar-refractivity contribution in [3.63, 3.8) is 0 Å². The monoisotopic (exact) mass is 1170 g/mol. The topological polar surface area (TPSA) is 33.5 Å². The Labute approximate surface area is 462 Å². The molecule has 0 fully saturated rings. The number of fused-ring (bicyclic) bond motifs is 4. The summed E-state index contributed by atoms with van der Waals surface area (Å²) >= 11 is 0. The van der Waals surface area contributed by atoms with Crippen molar-refractivity contribution in [2.45, 2.75) is 138 Å². The number of ether oxygens (including phenoxy) is 1. The summed E-state index contributed by atoms with van der Waals surface area (Å²) in [6.45, 7) is 36.5. The van der Waals surface area contributed by atoms with Gasteiger partial charge in [-0.05, 0) is 132 Å². The van der Waals surface area contributed by atoms with Crippen LogP contribution in [0, 0.1) is 18.8 Å². The Hall–Kier alpha value is -6.42. The normalized spacial score (nSPS) is 13.1. The Morgan fingerprint density at radius 2 is 1.12 bits per heavy atom. The average Bonchev–Trinajstić information content (AvgIpc) is 3.93. The standard InChI is InChI=1S/C69H73N4O.Pt/c1-43(2)48-33-59(44(3)4)66(60(34-48)45(5)6)47-29-30-70-65(35-47)73-63-39-50(67(7,8)9)25-27-57(63)58-28-26-55(41-64(58)73)74-56-38-52(69(13,14)15)37-54(40-56)72-42-71(61-23-19-20-24-62(61)72)53-32-49(46-21-17-16-18-22-46)31-51(36-53)68(10,11)12;/h16-39,42-45H,1-15H3;/q-3;. The molecule has 1 aliphatic rings. The van der Waals surface area contributed by atoms with Crippen LogP contribution in [0.5, 0.6) is 11.5 Å². The van der Waals surface area contributed by atoms with Crippen molar-refractivity contribution in [2.24, 2.45) is 0 Å². The van der Waals surface area contributed by atoms with Crippen molar-refractivity contribution in [1.82, 2.24) is 9.55 Å². The van der Waals surface area contributed by atoms with Crippen LogP contribution in [0.15, 0.2) is 146 Å². The third-order valence-electron chi connectivity index (χ3n) is 14.9. The van der Waals surface area contributed by atoms with E-state index >= 15 is 0 Å². The van der Waals surface area contributed by atoms with Gasteiger partial charge in [-0.2, -0.15) is 6.07 Å². The number of benzene rings is 7. The number of pyridine rings is 1. The maximum absolute atomic E-state index is 7.01. The third kappa shape index (κ3) is 10.5. The number of nitrogens with zero attached hydrogens (tertiary/aromatic N) is 4. The van der Waals surface area contributed by atoms with E-state index in [-0.39, 0.29) is 37.3 Å². The van der Waals surface area contributed by atoms with Gasteiger partial charge in [0.15, 0.2) is 0 Å². The molecule has 2 aromatic heterocycles. The summed E-state index contributed by atoms with van der Waals surface area (Å²) in [7, 11) is 0. The molecule has 1 aliphatic heterocycles. The number of anilines is 4. The van der Waals surface area contributed by atoms with Crippen LogP contribution < -0.4 is 14.5 Å². The van der Waals surface area contributed by atoms with Gasteiger partial charge in [-0.1, -0.05) is 182 Å². The minimum absolute atomic E-state index is 0. The van der Waals surface area contributed by atoms with Gasteiger partial charge >= 0.3 is 0 Å². The maximum Gasteiger partial charge on any atom is 0.136 e. The first kappa shape index (κ1) is 53.4. The van der Waals surface area contributed by atoms with Crippen molar-refractivity contribution >= 4 is 44.6 Å². The molecule has 5 nitrogen and oxygen atoms in total. The smallest absolute Gasteiger partial charge is 0.136 e. The van der Waals surface area contributed by atoms with Crippen molar-refractivity contribution in [3.05, 3.63) is 198 Å². The fourth-order valence-corrected chi connectivity index (χ4v) is 10.4. The number of hydrogen-bond donors (Lipinski definition) is 0. The van der Waals surface area contributed by atoms with E-state index < -0.39 is 0 Å². The summed E-state index contributed by atoms with van der Waals surface area (Å²) in [5, 5.41) is 2.24. The maximum atomic E-state index is 7.01. The molecule has 6 heteroatoms. The molecule has 7 aromatic carbocycles. The second-order valence-corrected chi connectivity index (χ2v) is 24.5. The quantitative estimate of drug-likeness (QED) is 0.128. The molecule has 0 atom stereocenters. The number of aromatic nitrogens is 2. The molecular formula is C69H73N4OPt-3. The summed E-state index contributed by atoms with van der Waals surface area (Å²) in [6.07, 6.45) is 1.98. The van der Waals surface area contributed by atoms with Crippen LogP contribution in [0.25, 0.3) is 49.9 Å². The number of para-hydroxylation sites is 2.